The van der Waals surface area contributed by atoms with Gasteiger partial charge in [-0.15, -0.1) is 0 Å². The van der Waals surface area contributed by atoms with Crippen LogP contribution in [0.4, 0.5) is 5.69 Å². The first-order chi connectivity index (χ1) is 9.06. The number of aryl methyl sites for hydroxylation is 1. The van der Waals surface area contributed by atoms with Crippen LogP contribution < -0.4 is 10.5 Å². The van der Waals surface area contributed by atoms with Crippen molar-refractivity contribution in [3.8, 4) is 5.75 Å². The zero-order valence-electron chi connectivity index (χ0n) is 10.6. The van der Waals surface area contributed by atoms with E-state index < -0.39 is 6.10 Å². The van der Waals surface area contributed by atoms with Gasteiger partial charge in [0.25, 0.3) is 0 Å². The molecule has 0 heterocycles. The highest BCUT2D eigenvalue weighted by molar-refractivity contribution is 9.10. The van der Waals surface area contributed by atoms with E-state index in [1.165, 1.54) is 0 Å². The van der Waals surface area contributed by atoms with Crippen LogP contribution in [0.3, 0.4) is 0 Å². The Morgan fingerprint density at radius 3 is 2.74 bits per heavy atom. The summed E-state index contributed by atoms with van der Waals surface area (Å²) in [7, 11) is 0. The van der Waals surface area contributed by atoms with Crippen LogP contribution in [0.2, 0.25) is 0 Å². The van der Waals surface area contributed by atoms with Crippen molar-refractivity contribution in [1.82, 2.24) is 0 Å². The summed E-state index contributed by atoms with van der Waals surface area (Å²) >= 11 is 3.40. The lowest BCUT2D eigenvalue weighted by atomic mass is 10.1. The van der Waals surface area contributed by atoms with E-state index in [-0.39, 0.29) is 6.61 Å². The maximum Gasteiger partial charge on any atom is 0.122 e. The molecular formula is C15H16BrNO2. The summed E-state index contributed by atoms with van der Waals surface area (Å²) in [4.78, 5) is 0. The van der Waals surface area contributed by atoms with Gasteiger partial charge in [-0.3, -0.25) is 0 Å². The van der Waals surface area contributed by atoms with E-state index in [0.717, 1.165) is 21.3 Å². The molecule has 100 valence electrons. The van der Waals surface area contributed by atoms with Crippen LogP contribution >= 0.6 is 15.9 Å². The van der Waals surface area contributed by atoms with Gasteiger partial charge >= 0.3 is 0 Å². The van der Waals surface area contributed by atoms with Gasteiger partial charge in [0.05, 0.1) is 0 Å². The molecule has 3 nitrogen and oxygen atoms in total. The van der Waals surface area contributed by atoms with Crippen LogP contribution in [0, 0.1) is 6.92 Å². The lowest BCUT2D eigenvalue weighted by Gasteiger charge is -2.14. The Morgan fingerprint density at radius 1 is 1.26 bits per heavy atom. The van der Waals surface area contributed by atoms with Crippen LogP contribution in [-0.4, -0.2) is 11.7 Å². The first kappa shape index (κ1) is 13.9. The monoisotopic (exact) mass is 321 g/mol. The number of aliphatic hydroxyl groups excluding tert-OH is 1. The summed E-state index contributed by atoms with van der Waals surface area (Å²) in [6.07, 6.45) is -0.688. The molecule has 0 aliphatic carbocycles. The van der Waals surface area contributed by atoms with E-state index in [9.17, 15) is 5.11 Å². The van der Waals surface area contributed by atoms with Crippen LogP contribution in [0.15, 0.2) is 46.9 Å². The number of nitrogen functional groups attached to an aromatic ring is 1. The quantitative estimate of drug-likeness (QED) is 0.848. The maximum absolute atomic E-state index is 10.1. The van der Waals surface area contributed by atoms with E-state index in [1.807, 2.05) is 37.3 Å². The minimum absolute atomic E-state index is 0.200. The topological polar surface area (TPSA) is 55.5 Å². The fraction of sp³-hybridized carbons (Fsp3) is 0.200. The fourth-order valence-corrected chi connectivity index (χ4v) is 2.28. The van der Waals surface area contributed by atoms with Gasteiger partial charge in [-0.1, -0.05) is 28.1 Å². The number of ether oxygens (including phenoxy) is 1. The van der Waals surface area contributed by atoms with Crippen LogP contribution in [0.25, 0.3) is 0 Å². The van der Waals surface area contributed by atoms with E-state index in [4.69, 9.17) is 10.5 Å². The van der Waals surface area contributed by atoms with Gasteiger partial charge in [0.1, 0.15) is 18.5 Å². The van der Waals surface area contributed by atoms with Crippen molar-refractivity contribution in [1.29, 1.82) is 0 Å². The number of hydrogen-bond donors (Lipinski definition) is 2. The molecule has 19 heavy (non-hydrogen) atoms. The number of nitrogens with two attached hydrogens (primary N) is 1. The summed E-state index contributed by atoms with van der Waals surface area (Å²) in [5.41, 5.74) is 8.10. The summed E-state index contributed by atoms with van der Waals surface area (Å²) in [5, 5.41) is 10.1. The summed E-state index contributed by atoms with van der Waals surface area (Å²) in [6, 6.07) is 13.0. The molecule has 2 rings (SSSR count). The van der Waals surface area contributed by atoms with E-state index >= 15 is 0 Å². The lowest BCUT2D eigenvalue weighted by molar-refractivity contribution is 0.108. The SMILES string of the molecule is Cc1cc(Br)ccc1OCC(O)c1cccc(N)c1. The van der Waals surface area contributed by atoms with Gasteiger partial charge in [0.15, 0.2) is 0 Å². The number of rotatable bonds is 4. The molecule has 2 aromatic carbocycles. The molecule has 0 aromatic heterocycles. The second-order valence-corrected chi connectivity index (χ2v) is 5.32. The number of aliphatic hydroxyl groups is 1. The molecule has 0 aliphatic rings. The molecule has 0 saturated carbocycles. The second kappa shape index (κ2) is 6.08. The van der Waals surface area contributed by atoms with Crippen LogP contribution in [0.1, 0.15) is 17.2 Å². The van der Waals surface area contributed by atoms with Gasteiger partial charge in [0, 0.05) is 10.2 Å². The highest BCUT2D eigenvalue weighted by Gasteiger charge is 2.09. The van der Waals surface area contributed by atoms with Crippen molar-refractivity contribution in [3.05, 3.63) is 58.1 Å². The Labute approximate surface area is 121 Å². The Morgan fingerprint density at radius 2 is 2.05 bits per heavy atom. The molecule has 2 aromatic rings. The largest absolute Gasteiger partial charge is 0.490 e. The minimum Gasteiger partial charge on any atom is -0.490 e. The van der Waals surface area contributed by atoms with Crippen molar-refractivity contribution in [3.63, 3.8) is 0 Å². The van der Waals surface area contributed by atoms with Crippen molar-refractivity contribution < 1.29 is 9.84 Å². The molecule has 0 bridgehead atoms. The van der Waals surface area contributed by atoms with Gasteiger partial charge in [0.2, 0.25) is 0 Å². The molecule has 0 aliphatic heterocycles. The highest BCUT2D eigenvalue weighted by Crippen LogP contribution is 2.24. The molecule has 3 N–H and O–H groups in total. The van der Waals surface area contributed by atoms with Gasteiger partial charge in [-0.25, -0.2) is 0 Å². The molecule has 0 radical (unpaired) electrons. The van der Waals surface area contributed by atoms with E-state index in [2.05, 4.69) is 15.9 Å². The highest BCUT2D eigenvalue weighted by atomic mass is 79.9. The average molecular weight is 322 g/mol. The normalized spacial score (nSPS) is 12.2. The summed E-state index contributed by atoms with van der Waals surface area (Å²) < 4.78 is 6.64. The van der Waals surface area contributed by atoms with Gasteiger partial charge in [-0.2, -0.15) is 0 Å². The van der Waals surface area contributed by atoms with Crippen molar-refractivity contribution in [2.24, 2.45) is 0 Å². The van der Waals surface area contributed by atoms with Crippen LogP contribution in [-0.2, 0) is 0 Å². The predicted molar refractivity (Wildman–Crippen MR) is 80.2 cm³/mol. The maximum atomic E-state index is 10.1. The Balaban J connectivity index is 2.02. The summed E-state index contributed by atoms with van der Waals surface area (Å²) in [6.45, 7) is 2.17. The first-order valence-electron chi connectivity index (χ1n) is 5.98. The molecular weight excluding hydrogens is 306 g/mol. The van der Waals surface area contributed by atoms with Crippen molar-refractivity contribution >= 4 is 21.6 Å². The predicted octanol–water partition coefficient (Wildman–Crippen LogP) is 3.45. The van der Waals surface area contributed by atoms with Gasteiger partial charge < -0.3 is 15.6 Å². The van der Waals surface area contributed by atoms with Crippen LogP contribution in [0.5, 0.6) is 5.75 Å². The van der Waals surface area contributed by atoms with Gasteiger partial charge in [-0.05, 0) is 48.4 Å². The minimum atomic E-state index is -0.688. The molecule has 0 saturated heterocycles. The zero-order chi connectivity index (χ0) is 13.8. The third-order valence-corrected chi connectivity index (χ3v) is 3.32. The number of hydrogen-bond acceptors (Lipinski definition) is 3. The fourth-order valence-electron chi connectivity index (χ4n) is 1.81. The average Bonchev–Trinajstić information content (AvgIpc) is 2.37. The second-order valence-electron chi connectivity index (χ2n) is 4.41. The molecule has 1 atom stereocenters. The third kappa shape index (κ3) is 3.72. The van der Waals surface area contributed by atoms with E-state index in [0.29, 0.717) is 5.69 Å². The van der Waals surface area contributed by atoms with E-state index in [1.54, 1.807) is 12.1 Å². The number of halogens is 1. The molecule has 0 spiro atoms. The standard InChI is InChI=1S/C15H16BrNO2/c1-10-7-12(16)5-6-15(10)19-9-14(18)11-3-2-4-13(17)8-11/h2-8,14,18H,9,17H2,1H3. The van der Waals surface area contributed by atoms with Crippen molar-refractivity contribution in [2.45, 2.75) is 13.0 Å². The molecule has 0 amide bonds. The number of anilines is 1. The van der Waals surface area contributed by atoms with Crippen molar-refractivity contribution in [2.75, 3.05) is 12.3 Å². The Bertz CT molecular complexity index is 572. The zero-order valence-corrected chi connectivity index (χ0v) is 12.2. The molecule has 1 unspecified atom stereocenters. The third-order valence-electron chi connectivity index (χ3n) is 2.83. The Kier molecular flexibility index (Phi) is 4.45. The summed E-state index contributed by atoms with van der Waals surface area (Å²) in [5.74, 6) is 0.770. The number of benzene rings is 2. The Hall–Kier alpha value is -1.52. The lowest BCUT2D eigenvalue weighted by Crippen LogP contribution is -2.10. The molecule has 4 heteroatoms. The first-order valence-corrected chi connectivity index (χ1v) is 6.78. The molecule has 0 fully saturated rings. The smallest absolute Gasteiger partial charge is 0.122 e.